The normalized spacial score (nSPS) is 11.3. The zero-order chi connectivity index (χ0) is 18.0. The molecular weight excluding hydrogens is 318 g/mol. The van der Waals surface area contributed by atoms with Crippen LogP contribution >= 0.6 is 0 Å². The highest BCUT2D eigenvalue weighted by Gasteiger charge is 2.19. The molecule has 0 atom stereocenters. The highest BCUT2D eigenvalue weighted by Crippen LogP contribution is 2.16. The molecule has 3 rings (SSSR count). The highest BCUT2D eigenvalue weighted by molar-refractivity contribution is 5.82. The number of hydrogen-bond donors (Lipinski definition) is 0. The van der Waals surface area contributed by atoms with Crippen molar-refractivity contribution in [1.82, 2.24) is 24.1 Å². The summed E-state index contributed by atoms with van der Waals surface area (Å²) >= 11 is 0. The van der Waals surface area contributed by atoms with Crippen LogP contribution in [0, 0.1) is 0 Å². The zero-order valence-corrected chi connectivity index (χ0v) is 14.9. The van der Waals surface area contributed by atoms with Crippen molar-refractivity contribution in [1.29, 1.82) is 0 Å². The van der Waals surface area contributed by atoms with E-state index in [1.807, 2.05) is 42.5 Å². The minimum atomic E-state index is -0.283. The molecule has 1 aromatic carbocycles. The number of nitrogens with zero attached hydrogens (tertiary/aromatic N) is 5. The number of amides is 1. The first-order valence-electron chi connectivity index (χ1n) is 8.75. The van der Waals surface area contributed by atoms with E-state index < -0.39 is 0 Å². The van der Waals surface area contributed by atoms with Crippen molar-refractivity contribution >= 4 is 22.6 Å². The average molecular weight is 341 g/mol. The minimum Gasteiger partial charge on any atom is -0.342 e. The Morgan fingerprint density at radius 2 is 1.76 bits per heavy atom. The van der Waals surface area contributed by atoms with Crippen LogP contribution in [0.1, 0.15) is 33.0 Å². The maximum Gasteiger partial charge on any atom is 0.297 e. The van der Waals surface area contributed by atoms with E-state index in [2.05, 4.69) is 17.1 Å². The van der Waals surface area contributed by atoms with Crippen LogP contribution in [0.5, 0.6) is 0 Å². The van der Waals surface area contributed by atoms with Gasteiger partial charge in [0, 0.05) is 19.5 Å². The van der Waals surface area contributed by atoms with Crippen LogP contribution in [0.4, 0.5) is 0 Å². The molecule has 0 N–H and O–H groups in total. The first kappa shape index (κ1) is 17.1. The molecule has 0 aliphatic heterocycles. The molecule has 2 aromatic heterocycles. The Bertz CT molecular complexity index is 969. The van der Waals surface area contributed by atoms with E-state index in [9.17, 15) is 9.59 Å². The number of likely N-dealkylation sites (N-methyl/N-ethyl adjacent to an activating group) is 1. The third-order valence-electron chi connectivity index (χ3n) is 4.46. The lowest BCUT2D eigenvalue weighted by atomic mass is 10.2. The molecule has 7 heteroatoms. The van der Waals surface area contributed by atoms with Gasteiger partial charge in [0.1, 0.15) is 12.4 Å². The molecule has 0 aliphatic carbocycles. The summed E-state index contributed by atoms with van der Waals surface area (Å²) in [5, 5.41) is 8.28. The van der Waals surface area contributed by atoms with E-state index >= 15 is 0 Å². The van der Waals surface area contributed by atoms with E-state index in [-0.39, 0.29) is 23.7 Å². The molecule has 7 nitrogen and oxygen atoms in total. The maximum absolute atomic E-state index is 13.0. The predicted molar refractivity (Wildman–Crippen MR) is 96.7 cm³/mol. The molecule has 3 aromatic rings. The minimum absolute atomic E-state index is 0.00744. The fraction of sp³-hybridized carbons (Fsp3) is 0.444. The standard InChI is InChI=1S/C18H23N5O2/c1-4-9-15-19-20-17-18(25)22(12-16(24)21(5-2)6-3)13-10-7-8-11-14(13)23(15)17/h7-8,10-11H,4-6,9,12H2,1-3H3. The van der Waals surface area contributed by atoms with Crippen molar-refractivity contribution in [3.8, 4) is 0 Å². The summed E-state index contributed by atoms with van der Waals surface area (Å²) in [6.45, 7) is 7.18. The highest BCUT2D eigenvalue weighted by atomic mass is 16.2. The van der Waals surface area contributed by atoms with Gasteiger partial charge >= 0.3 is 0 Å². The lowest BCUT2D eigenvalue weighted by Gasteiger charge is -2.20. The molecule has 25 heavy (non-hydrogen) atoms. The van der Waals surface area contributed by atoms with Gasteiger partial charge in [-0.2, -0.15) is 0 Å². The average Bonchev–Trinajstić information content (AvgIpc) is 3.04. The topological polar surface area (TPSA) is 72.5 Å². The SMILES string of the molecule is CCCc1nnc2c(=O)n(CC(=O)N(CC)CC)c3ccccc3n12. The second-order valence-corrected chi connectivity index (χ2v) is 5.97. The Labute approximate surface area is 145 Å². The monoisotopic (exact) mass is 341 g/mol. The molecule has 0 spiro atoms. The van der Waals surface area contributed by atoms with Crippen LogP contribution in [0.25, 0.3) is 16.7 Å². The van der Waals surface area contributed by atoms with E-state index in [1.54, 1.807) is 4.90 Å². The lowest BCUT2D eigenvalue weighted by Crippen LogP contribution is -2.37. The van der Waals surface area contributed by atoms with Crippen molar-refractivity contribution in [2.24, 2.45) is 0 Å². The van der Waals surface area contributed by atoms with Gasteiger partial charge in [0.15, 0.2) is 0 Å². The van der Waals surface area contributed by atoms with Crippen molar-refractivity contribution in [2.45, 2.75) is 40.2 Å². The van der Waals surface area contributed by atoms with Crippen LogP contribution in [-0.2, 0) is 17.8 Å². The largest absolute Gasteiger partial charge is 0.342 e. The summed E-state index contributed by atoms with van der Waals surface area (Å²) in [6, 6.07) is 7.58. The lowest BCUT2D eigenvalue weighted by molar-refractivity contribution is -0.131. The number of hydrogen-bond acceptors (Lipinski definition) is 4. The molecule has 0 bridgehead atoms. The Morgan fingerprint density at radius 3 is 2.40 bits per heavy atom. The molecule has 0 saturated heterocycles. The molecule has 1 amide bonds. The first-order chi connectivity index (χ1) is 12.1. The predicted octanol–water partition coefficient (Wildman–Crippen LogP) is 1.87. The van der Waals surface area contributed by atoms with E-state index in [0.717, 1.165) is 29.7 Å². The van der Waals surface area contributed by atoms with E-state index in [4.69, 9.17) is 0 Å². The number of carbonyl (C=O) groups excluding carboxylic acids is 1. The molecular formula is C18H23N5O2. The van der Waals surface area contributed by atoms with Crippen molar-refractivity contribution in [2.75, 3.05) is 13.1 Å². The fourth-order valence-corrected chi connectivity index (χ4v) is 3.17. The van der Waals surface area contributed by atoms with Crippen molar-refractivity contribution < 1.29 is 4.79 Å². The van der Waals surface area contributed by atoms with Crippen molar-refractivity contribution in [3.05, 3.63) is 40.4 Å². The number of rotatable bonds is 6. The summed E-state index contributed by atoms with van der Waals surface area (Å²) < 4.78 is 3.33. The molecule has 2 heterocycles. The quantitative estimate of drug-likeness (QED) is 0.686. The Morgan fingerprint density at radius 1 is 1.08 bits per heavy atom. The van der Waals surface area contributed by atoms with Crippen LogP contribution in [0.2, 0.25) is 0 Å². The number of fused-ring (bicyclic) bond motifs is 3. The van der Waals surface area contributed by atoms with Gasteiger partial charge in [0.25, 0.3) is 5.56 Å². The van der Waals surface area contributed by atoms with Gasteiger partial charge in [-0.1, -0.05) is 19.1 Å². The van der Waals surface area contributed by atoms with Gasteiger partial charge < -0.3 is 4.90 Å². The summed E-state index contributed by atoms with van der Waals surface area (Å²) in [5.41, 5.74) is 1.55. The van der Waals surface area contributed by atoms with Gasteiger partial charge in [0.2, 0.25) is 11.6 Å². The Hall–Kier alpha value is -2.70. The number of benzene rings is 1. The summed E-state index contributed by atoms with van der Waals surface area (Å²) in [4.78, 5) is 27.2. The molecule has 0 unspecified atom stereocenters. The van der Waals surface area contributed by atoms with Gasteiger partial charge in [-0.15, -0.1) is 10.2 Å². The first-order valence-corrected chi connectivity index (χ1v) is 8.75. The third-order valence-corrected chi connectivity index (χ3v) is 4.46. The van der Waals surface area contributed by atoms with Crippen LogP contribution in [-0.4, -0.2) is 43.1 Å². The van der Waals surface area contributed by atoms with E-state index in [1.165, 1.54) is 4.57 Å². The van der Waals surface area contributed by atoms with E-state index in [0.29, 0.717) is 13.1 Å². The van der Waals surface area contributed by atoms with Gasteiger partial charge in [-0.05, 0) is 32.4 Å². The Balaban J connectivity index is 2.23. The molecule has 0 aliphatic rings. The van der Waals surface area contributed by atoms with Gasteiger partial charge in [-0.25, -0.2) is 0 Å². The van der Waals surface area contributed by atoms with Crippen LogP contribution in [0.3, 0.4) is 0 Å². The number of aromatic nitrogens is 4. The number of carbonyl (C=O) groups is 1. The summed E-state index contributed by atoms with van der Waals surface area (Å²) in [6.07, 6.45) is 1.66. The second-order valence-electron chi connectivity index (χ2n) is 5.97. The third kappa shape index (κ3) is 2.90. The molecule has 0 saturated carbocycles. The van der Waals surface area contributed by atoms with Crippen LogP contribution in [0.15, 0.2) is 29.1 Å². The zero-order valence-electron chi connectivity index (χ0n) is 14.9. The second kappa shape index (κ2) is 7.04. The summed E-state index contributed by atoms with van der Waals surface area (Å²) in [5.74, 6) is 0.697. The van der Waals surface area contributed by atoms with Crippen molar-refractivity contribution in [3.63, 3.8) is 0 Å². The molecule has 0 fully saturated rings. The van der Waals surface area contributed by atoms with Gasteiger partial charge in [-0.3, -0.25) is 18.6 Å². The summed E-state index contributed by atoms with van der Waals surface area (Å²) in [7, 11) is 0. The number of para-hydroxylation sites is 2. The number of aryl methyl sites for hydroxylation is 1. The smallest absolute Gasteiger partial charge is 0.297 e. The maximum atomic E-state index is 13.0. The Kier molecular flexibility index (Phi) is 4.83. The molecule has 0 radical (unpaired) electrons. The molecule has 132 valence electrons. The fourth-order valence-electron chi connectivity index (χ4n) is 3.17. The van der Waals surface area contributed by atoms with Gasteiger partial charge in [0.05, 0.1) is 11.0 Å². The van der Waals surface area contributed by atoms with Crippen LogP contribution < -0.4 is 5.56 Å².